The van der Waals surface area contributed by atoms with Crippen LogP contribution in [0.3, 0.4) is 0 Å². The number of unbranched alkanes of at least 4 members (excludes halogenated alkanes) is 1. The number of carbonyl (C=O) groups is 3. The highest BCUT2D eigenvalue weighted by Crippen LogP contribution is 2.30. The first-order valence-electron chi connectivity index (χ1n) is 10.0. The smallest absolute Gasteiger partial charge is 0.226 e. The summed E-state index contributed by atoms with van der Waals surface area (Å²) in [4.78, 5) is 37.4. The SMILES string of the molecule is C=C(C)CC(NC(=O)[C@H](CO)CC(=O)CCCCC(C)(C)O)C(=O)C1(CO)CO1. The molecule has 1 aliphatic heterocycles. The molecule has 3 atom stereocenters. The Hall–Kier alpha value is -1.61. The third-order valence-corrected chi connectivity index (χ3v) is 4.94. The summed E-state index contributed by atoms with van der Waals surface area (Å²) in [5.74, 6) is -2.14. The molecule has 29 heavy (non-hydrogen) atoms. The highest BCUT2D eigenvalue weighted by molar-refractivity contribution is 5.98. The zero-order valence-corrected chi connectivity index (χ0v) is 17.7. The van der Waals surface area contributed by atoms with Crippen LogP contribution in [0.2, 0.25) is 0 Å². The fourth-order valence-electron chi connectivity index (χ4n) is 3.06. The minimum Gasteiger partial charge on any atom is -0.396 e. The van der Waals surface area contributed by atoms with Crippen LogP contribution in [0.4, 0.5) is 0 Å². The van der Waals surface area contributed by atoms with Gasteiger partial charge in [-0.05, 0) is 40.0 Å². The van der Waals surface area contributed by atoms with E-state index in [0.717, 1.165) is 0 Å². The van der Waals surface area contributed by atoms with Crippen molar-refractivity contribution in [3.8, 4) is 0 Å². The molecule has 1 amide bonds. The third-order valence-electron chi connectivity index (χ3n) is 4.94. The first kappa shape index (κ1) is 25.4. The first-order valence-corrected chi connectivity index (χ1v) is 10.0. The zero-order chi connectivity index (χ0) is 22.2. The van der Waals surface area contributed by atoms with Crippen molar-refractivity contribution >= 4 is 17.5 Å². The fourth-order valence-corrected chi connectivity index (χ4v) is 3.06. The van der Waals surface area contributed by atoms with E-state index in [9.17, 15) is 29.7 Å². The van der Waals surface area contributed by atoms with Crippen LogP contribution in [-0.4, -0.2) is 69.9 Å². The molecular formula is C21H35NO7. The summed E-state index contributed by atoms with van der Waals surface area (Å²) in [7, 11) is 0. The zero-order valence-electron chi connectivity index (χ0n) is 17.7. The summed E-state index contributed by atoms with van der Waals surface area (Å²) >= 11 is 0. The number of aliphatic hydroxyl groups excluding tert-OH is 2. The lowest BCUT2D eigenvalue weighted by Crippen LogP contribution is -2.50. The Morgan fingerprint density at radius 3 is 2.28 bits per heavy atom. The topological polar surface area (TPSA) is 136 Å². The maximum Gasteiger partial charge on any atom is 0.226 e. The van der Waals surface area contributed by atoms with Gasteiger partial charge in [-0.2, -0.15) is 0 Å². The number of hydrogen-bond donors (Lipinski definition) is 4. The van der Waals surface area contributed by atoms with Crippen LogP contribution in [0.15, 0.2) is 12.2 Å². The Balaban J connectivity index is 2.61. The van der Waals surface area contributed by atoms with Crippen molar-refractivity contribution in [1.82, 2.24) is 5.32 Å². The summed E-state index contributed by atoms with van der Waals surface area (Å²) in [6, 6.07) is -0.939. The molecule has 0 bridgehead atoms. The molecule has 0 saturated carbocycles. The van der Waals surface area contributed by atoms with Crippen molar-refractivity contribution in [3.63, 3.8) is 0 Å². The van der Waals surface area contributed by atoms with E-state index in [-0.39, 0.29) is 31.7 Å². The Bertz CT molecular complexity index is 605. The lowest BCUT2D eigenvalue weighted by molar-refractivity contribution is -0.135. The molecule has 0 aromatic rings. The first-order chi connectivity index (χ1) is 13.4. The number of rotatable bonds is 15. The minimum atomic E-state index is -1.28. The van der Waals surface area contributed by atoms with Crippen LogP contribution >= 0.6 is 0 Å². The summed E-state index contributed by atoms with van der Waals surface area (Å²) < 4.78 is 5.08. The largest absolute Gasteiger partial charge is 0.396 e. The quantitative estimate of drug-likeness (QED) is 0.176. The Kier molecular flexibility index (Phi) is 9.61. The number of aliphatic hydroxyl groups is 3. The monoisotopic (exact) mass is 413 g/mol. The van der Waals surface area contributed by atoms with Gasteiger partial charge in [0.05, 0.1) is 37.4 Å². The van der Waals surface area contributed by atoms with Crippen LogP contribution in [0.5, 0.6) is 0 Å². The van der Waals surface area contributed by atoms with Gasteiger partial charge in [0.1, 0.15) is 5.78 Å². The summed E-state index contributed by atoms with van der Waals surface area (Å²) in [5.41, 5.74) is -1.39. The van der Waals surface area contributed by atoms with E-state index in [4.69, 9.17) is 4.74 Å². The molecule has 0 aliphatic carbocycles. The number of carbonyl (C=O) groups excluding carboxylic acids is 3. The van der Waals surface area contributed by atoms with Gasteiger partial charge in [-0.25, -0.2) is 0 Å². The Morgan fingerprint density at radius 2 is 1.83 bits per heavy atom. The lowest BCUT2D eigenvalue weighted by atomic mass is 9.93. The molecule has 166 valence electrons. The molecule has 1 rings (SSSR count). The van der Waals surface area contributed by atoms with Gasteiger partial charge in [0, 0.05) is 12.8 Å². The van der Waals surface area contributed by atoms with Gasteiger partial charge in [-0.3, -0.25) is 14.4 Å². The van der Waals surface area contributed by atoms with Crippen LogP contribution in [-0.2, 0) is 19.1 Å². The molecule has 1 saturated heterocycles. The maximum atomic E-state index is 12.6. The van der Waals surface area contributed by atoms with Crippen molar-refractivity contribution in [2.45, 2.75) is 76.5 Å². The predicted octanol–water partition coefficient (Wildman–Crippen LogP) is 0.667. The van der Waals surface area contributed by atoms with Crippen molar-refractivity contribution in [2.75, 3.05) is 19.8 Å². The molecule has 4 N–H and O–H groups in total. The number of hydrogen-bond acceptors (Lipinski definition) is 7. The van der Waals surface area contributed by atoms with E-state index >= 15 is 0 Å². The number of ether oxygens (including phenoxy) is 1. The van der Waals surface area contributed by atoms with Gasteiger partial charge >= 0.3 is 0 Å². The van der Waals surface area contributed by atoms with E-state index in [2.05, 4.69) is 11.9 Å². The predicted molar refractivity (Wildman–Crippen MR) is 107 cm³/mol. The van der Waals surface area contributed by atoms with Crippen molar-refractivity contribution in [3.05, 3.63) is 12.2 Å². The Labute approximate surface area is 172 Å². The number of nitrogens with one attached hydrogen (secondary N) is 1. The maximum absolute atomic E-state index is 12.6. The second kappa shape index (κ2) is 11.0. The van der Waals surface area contributed by atoms with E-state index in [1.54, 1.807) is 20.8 Å². The molecule has 8 nitrogen and oxygen atoms in total. The molecule has 2 unspecified atom stereocenters. The van der Waals surface area contributed by atoms with Gasteiger partial charge in [-0.15, -0.1) is 6.58 Å². The number of Topliss-reactive ketones (excluding diaryl/α,β-unsaturated/α-hetero) is 2. The standard InChI is InChI=1S/C21H35NO7/c1-14(2)9-17(18(26)21(12-24)13-29-21)22-19(27)15(11-23)10-16(25)7-5-6-8-20(3,4)28/h15,17,23-24,28H,1,5-13H2,2-4H3,(H,22,27)/t15-,17?,21?/m0/s1. The van der Waals surface area contributed by atoms with Gasteiger partial charge < -0.3 is 25.4 Å². The molecule has 1 fully saturated rings. The molecule has 1 aliphatic rings. The fraction of sp³-hybridized carbons (Fsp3) is 0.762. The third kappa shape index (κ3) is 8.74. The van der Waals surface area contributed by atoms with Crippen LogP contribution < -0.4 is 5.32 Å². The highest BCUT2D eigenvalue weighted by Gasteiger charge is 2.54. The molecule has 0 aromatic carbocycles. The normalized spacial score (nSPS) is 20.6. The minimum absolute atomic E-state index is 0.0947. The van der Waals surface area contributed by atoms with Gasteiger partial charge in [0.15, 0.2) is 11.4 Å². The van der Waals surface area contributed by atoms with Gasteiger partial charge in [-0.1, -0.05) is 12.0 Å². The lowest BCUT2D eigenvalue weighted by Gasteiger charge is -2.23. The van der Waals surface area contributed by atoms with Gasteiger partial charge in [0.25, 0.3) is 0 Å². The van der Waals surface area contributed by atoms with Crippen LogP contribution in [0, 0.1) is 5.92 Å². The second-order valence-corrected chi connectivity index (χ2v) is 8.67. The van der Waals surface area contributed by atoms with Crippen LogP contribution in [0.1, 0.15) is 59.3 Å². The van der Waals surface area contributed by atoms with E-state index in [0.29, 0.717) is 24.8 Å². The van der Waals surface area contributed by atoms with E-state index < -0.39 is 48.1 Å². The molecule has 0 aromatic heterocycles. The van der Waals surface area contributed by atoms with Crippen molar-refractivity contribution < 1.29 is 34.4 Å². The number of amides is 1. The average Bonchev–Trinajstić information content (AvgIpc) is 3.42. The Morgan fingerprint density at radius 1 is 1.21 bits per heavy atom. The average molecular weight is 414 g/mol. The highest BCUT2D eigenvalue weighted by atomic mass is 16.6. The summed E-state index contributed by atoms with van der Waals surface area (Å²) in [6.45, 7) is 7.99. The van der Waals surface area contributed by atoms with Crippen LogP contribution in [0.25, 0.3) is 0 Å². The second-order valence-electron chi connectivity index (χ2n) is 8.67. The summed E-state index contributed by atoms with van der Waals surface area (Å²) in [6.07, 6.45) is 2.16. The number of epoxide rings is 1. The van der Waals surface area contributed by atoms with Crippen molar-refractivity contribution in [1.29, 1.82) is 0 Å². The van der Waals surface area contributed by atoms with E-state index in [1.165, 1.54) is 0 Å². The molecule has 1 heterocycles. The summed E-state index contributed by atoms with van der Waals surface area (Å²) in [5, 5.41) is 31.2. The van der Waals surface area contributed by atoms with Crippen molar-refractivity contribution in [2.24, 2.45) is 5.92 Å². The number of ketones is 2. The molecule has 8 heteroatoms. The molecular weight excluding hydrogens is 378 g/mol. The molecule has 0 spiro atoms. The van der Waals surface area contributed by atoms with E-state index in [1.807, 2.05) is 0 Å². The molecule has 0 radical (unpaired) electrons. The van der Waals surface area contributed by atoms with Gasteiger partial charge in [0.2, 0.25) is 5.91 Å².